The average Bonchev–Trinajstić information content (AvgIpc) is 3.25. The summed E-state index contributed by atoms with van der Waals surface area (Å²) in [7, 11) is 0. The van der Waals surface area contributed by atoms with Crippen molar-refractivity contribution in [3.8, 4) is 5.69 Å². The fourth-order valence-electron chi connectivity index (χ4n) is 3.82. The van der Waals surface area contributed by atoms with Crippen molar-refractivity contribution < 1.29 is 4.79 Å². The number of hydrogen-bond acceptors (Lipinski definition) is 6. The number of nitrogens with zero attached hydrogens (tertiary/aromatic N) is 4. The molecule has 3 rings (SSSR count). The molecule has 0 saturated carbocycles. The van der Waals surface area contributed by atoms with Crippen molar-refractivity contribution in [3.05, 3.63) is 62.6 Å². The Labute approximate surface area is 203 Å². The molecule has 0 aliphatic rings. The first kappa shape index (κ1) is 25.4. The van der Waals surface area contributed by atoms with Gasteiger partial charge in [-0.25, -0.2) is 9.78 Å². The minimum absolute atomic E-state index is 0.0156. The van der Waals surface area contributed by atoms with Gasteiger partial charge in [0.25, 0.3) is 5.56 Å². The molecule has 0 atom stereocenters. The lowest BCUT2D eigenvalue weighted by atomic mass is 10.1. The van der Waals surface area contributed by atoms with Gasteiger partial charge in [-0.1, -0.05) is 49.7 Å². The zero-order valence-corrected chi connectivity index (χ0v) is 20.9. The summed E-state index contributed by atoms with van der Waals surface area (Å²) in [6.07, 6.45) is 5.75. The minimum atomic E-state index is -0.652. The van der Waals surface area contributed by atoms with Crippen LogP contribution in [0.15, 0.2) is 45.3 Å². The van der Waals surface area contributed by atoms with Crippen molar-refractivity contribution >= 4 is 29.2 Å². The largest absolute Gasteiger partial charge is 0.383 e. The predicted octanol–water partition coefficient (Wildman–Crippen LogP) is 3.26. The van der Waals surface area contributed by atoms with Crippen LogP contribution in [0.1, 0.15) is 44.2 Å². The number of hydrogen-bond donors (Lipinski definition) is 2. The van der Waals surface area contributed by atoms with Gasteiger partial charge in [0.1, 0.15) is 5.82 Å². The Morgan fingerprint density at radius 3 is 2.65 bits per heavy atom. The lowest BCUT2D eigenvalue weighted by Gasteiger charge is -2.24. The summed E-state index contributed by atoms with van der Waals surface area (Å²) in [5.74, 6) is -0.188. The van der Waals surface area contributed by atoms with Crippen LogP contribution in [-0.4, -0.2) is 37.3 Å². The topological polar surface area (TPSA) is 119 Å². The molecule has 0 unspecified atom stereocenters. The Morgan fingerprint density at radius 2 is 1.97 bits per heavy atom. The summed E-state index contributed by atoms with van der Waals surface area (Å²) in [4.78, 5) is 46.4. The first-order valence-corrected chi connectivity index (χ1v) is 12.4. The number of aromatic amines is 1. The van der Waals surface area contributed by atoms with E-state index in [9.17, 15) is 14.4 Å². The van der Waals surface area contributed by atoms with Crippen LogP contribution in [0.3, 0.4) is 0 Å². The molecule has 0 aliphatic heterocycles. The molecule has 3 N–H and O–H groups in total. The molecule has 10 heteroatoms. The fraction of sp³-hybridized carbons (Fsp3) is 0.417. The zero-order chi connectivity index (χ0) is 24.8. The van der Waals surface area contributed by atoms with Crippen LogP contribution in [0, 0.1) is 13.8 Å². The molecule has 0 bridgehead atoms. The number of nitrogens with two attached hydrogens (primary N) is 1. The smallest absolute Gasteiger partial charge is 0.330 e. The number of rotatable bonds is 10. The number of H-pyrrole nitrogens is 1. The number of carbonyl (C=O) groups is 1. The van der Waals surface area contributed by atoms with Gasteiger partial charge in [-0.15, -0.1) is 0 Å². The molecule has 182 valence electrons. The van der Waals surface area contributed by atoms with E-state index in [4.69, 9.17) is 5.73 Å². The third-order valence-corrected chi connectivity index (χ3v) is 6.46. The Hall–Kier alpha value is -3.27. The van der Waals surface area contributed by atoms with Crippen molar-refractivity contribution in [3.63, 3.8) is 0 Å². The summed E-state index contributed by atoms with van der Waals surface area (Å²) in [6.45, 7) is 8.68. The van der Waals surface area contributed by atoms with E-state index < -0.39 is 11.2 Å². The summed E-state index contributed by atoms with van der Waals surface area (Å²) in [5.41, 5.74) is 8.31. The lowest BCUT2D eigenvalue weighted by Crippen LogP contribution is -2.42. The number of amides is 1. The number of aryl methyl sites for hydroxylation is 2. The average molecular weight is 485 g/mol. The number of nitrogens with one attached hydrogen (secondary N) is 1. The van der Waals surface area contributed by atoms with Gasteiger partial charge < -0.3 is 10.6 Å². The first-order chi connectivity index (χ1) is 16.3. The predicted molar refractivity (Wildman–Crippen MR) is 137 cm³/mol. The number of anilines is 2. The number of imidazole rings is 1. The van der Waals surface area contributed by atoms with E-state index in [2.05, 4.69) is 16.0 Å². The van der Waals surface area contributed by atoms with E-state index >= 15 is 0 Å². The minimum Gasteiger partial charge on any atom is -0.383 e. The number of aromatic nitrogens is 4. The maximum atomic E-state index is 13.3. The van der Waals surface area contributed by atoms with Crippen molar-refractivity contribution in [2.75, 3.05) is 22.9 Å². The van der Waals surface area contributed by atoms with Crippen molar-refractivity contribution in [2.24, 2.45) is 0 Å². The lowest BCUT2D eigenvalue weighted by molar-refractivity contribution is -0.116. The quantitative estimate of drug-likeness (QED) is 0.426. The normalized spacial score (nSPS) is 11.1. The highest BCUT2D eigenvalue weighted by atomic mass is 32.2. The molecular formula is C24H32N6O3S. The summed E-state index contributed by atoms with van der Waals surface area (Å²) < 4.78 is 3.26. The molecule has 34 heavy (non-hydrogen) atoms. The molecular weight excluding hydrogens is 452 g/mol. The molecule has 3 aromatic rings. The zero-order valence-electron chi connectivity index (χ0n) is 20.1. The van der Waals surface area contributed by atoms with Gasteiger partial charge >= 0.3 is 5.69 Å². The Kier molecular flexibility index (Phi) is 8.38. The van der Waals surface area contributed by atoms with Crippen LogP contribution in [0.4, 0.5) is 11.5 Å². The summed E-state index contributed by atoms with van der Waals surface area (Å²) >= 11 is 1.29. The van der Waals surface area contributed by atoms with E-state index in [0.29, 0.717) is 31.1 Å². The highest BCUT2D eigenvalue weighted by molar-refractivity contribution is 7.99. The van der Waals surface area contributed by atoms with Crippen LogP contribution in [-0.2, 0) is 11.3 Å². The number of carbonyl (C=O) groups excluding carboxylic acids is 1. The highest BCUT2D eigenvalue weighted by Gasteiger charge is 2.24. The van der Waals surface area contributed by atoms with Crippen LogP contribution in [0.2, 0.25) is 0 Å². The second-order valence-electron chi connectivity index (χ2n) is 8.20. The van der Waals surface area contributed by atoms with Crippen LogP contribution in [0.25, 0.3) is 5.69 Å². The Morgan fingerprint density at radius 1 is 1.21 bits per heavy atom. The molecule has 0 saturated heterocycles. The van der Waals surface area contributed by atoms with Crippen LogP contribution < -0.4 is 21.9 Å². The Bertz CT molecular complexity index is 1280. The Balaban J connectivity index is 1.89. The number of unbranched alkanes of at least 4 members (excludes halogenated alkanes) is 1. The van der Waals surface area contributed by atoms with Gasteiger partial charge in [-0.2, -0.15) is 0 Å². The molecule has 0 aliphatic carbocycles. The van der Waals surface area contributed by atoms with Gasteiger partial charge in [0.05, 0.1) is 11.4 Å². The van der Waals surface area contributed by atoms with Gasteiger partial charge in [0, 0.05) is 25.5 Å². The number of thioether (sulfide) groups is 1. The summed E-state index contributed by atoms with van der Waals surface area (Å²) in [5, 5.41) is 0.675. The summed E-state index contributed by atoms with van der Waals surface area (Å²) in [6, 6.07) is 6.17. The third kappa shape index (κ3) is 5.44. The standard InChI is InChI=1S/C24H32N6O3S/c1-5-7-12-29(20-21(25)30(11-6-2)23(33)27-22(20)32)19(31)15-34-24-26-10-13-28(24)18-9-8-16(3)14-17(18)4/h8-10,13-14H,5-7,11-12,15,25H2,1-4H3,(H,27,32,33). The van der Waals surface area contributed by atoms with Gasteiger partial charge in [0.15, 0.2) is 10.8 Å². The van der Waals surface area contributed by atoms with E-state index in [1.807, 2.05) is 50.6 Å². The molecule has 2 heterocycles. The molecule has 2 aromatic heterocycles. The van der Waals surface area contributed by atoms with Crippen LogP contribution >= 0.6 is 11.8 Å². The molecule has 0 spiro atoms. The maximum absolute atomic E-state index is 13.3. The third-order valence-electron chi connectivity index (χ3n) is 5.51. The van der Waals surface area contributed by atoms with Crippen molar-refractivity contribution in [1.29, 1.82) is 0 Å². The maximum Gasteiger partial charge on any atom is 0.330 e. The first-order valence-electron chi connectivity index (χ1n) is 11.4. The number of benzene rings is 1. The van der Waals surface area contributed by atoms with Crippen molar-refractivity contribution in [1.82, 2.24) is 19.1 Å². The van der Waals surface area contributed by atoms with Crippen LogP contribution in [0.5, 0.6) is 0 Å². The fourth-order valence-corrected chi connectivity index (χ4v) is 4.66. The molecule has 9 nitrogen and oxygen atoms in total. The van der Waals surface area contributed by atoms with E-state index in [1.54, 1.807) is 6.20 Å². The molecule has 1 amide bonds. The van der Waals surface area contributed by atoms with E-state index in [-0.39, 0.29) is 23.2 Å². The van der Waals surface area contributed by atoms with Gasteiger partial charge in [-0.3, -0.25) is 23.7 Å². The SMILES string of the molecule is CCCCN(C(=O)CSc1nccn1-c1ccc(C)cc1C)c1c(N)n(CCC)c(=O)[nH]c1=O. The molecule has 0 radical (unpaired) electrons. The van der Waals surface area contributed by atoms with E-state index in [1.165, 1.54) is 26.8 Å². The van der Waals surface area contributed by atoms with Gasteiger partial charge in [0.2, 0.25) is 5.91 Å². The highest BCUT2D eigenvalue weighted by Crippen LogP contribution is 2.25. The second-order valence-corrected chi connectivity index (χ2v) is 9.14. The number of nitrogen functional groups attached to an aromatic ring is 1. The van der Waals surface area contributed by atoms with E-state index in [0.717, 1.165) is 17.7 Å². The molecule has 0 fully saturated rings. The molecule has 1 aromatic carbocycles. The van der Waals surface area contributed by atoms with Gasteiger partial charge in [-0.05, 0) is 38.3 Å². The second kappa shape index (κ2) is 11.2. The monoisotopic (exact) mass is 484 g/mol. The van der Waals surface area contributed by atoms with Crippen molar-refractivity contribution in [2.45, 2.75) is 58.7 Å².